The van der Waals surface area contributed by atoms with Crippen molar-refractivity contribution < 1.29 is 19.4 Å². The maximum absolute atomic E-state index is 12.2. The van der Waals surface area contributed by atoms with E-state index in [0.29, 0.717) is 5.69 Å². The van der Waals surface area contributed by atoms with Crippen LogP contribution in [0.2, 0.25) is 0 Å². The van der Waals surface area contributed by atoms with Crippen LogP contribution in [0.3, 0.4) is 0 Å². The van der Waals surface area contributed by atoms with Gasteiger partial charge in [-0.3, -0.25) is 5.32 Å². The first-order chi connectivity index (χ1) is 13.0. The number of carboxylic acids is 1. The van der Waals surface area contributed by atoms with Crippen molar-refractivity contribution in [1.29, 1.82) is 0 Å². The summed E-state index contributed by atoms with van der Waals surface area (Å²) in [6, 6.07) is 17.5. The first kappa shape index (κ1) is 16.9. The molecule has 0 spiro atoms. The SMILES string of the molecule is Cn1cc(NC(=O)OCC2c3ccccc3-c3ccccc32)cc1C(=O)[O-]. The third-order valence-corrected chi connectivity index (χ3v) is 4.80. The number of anilines is 1. The molecular formula is C21H17N2O4-. The van der Waals surface area contributed by atoms with Crippen molar-refractivity contribution >= 4 is 17.7 Å². The molecule has 1 aliphatic carbocycles. The number of hydrogen-bond acceptors (Lipinski definition) is 4. The summed E-state index contributed by atoms with van der Waals surface area (Å²) in [6.07, 6.45) is 0.861. The lowest BCUT2D eigenvalue weighted by molar-refractivity contribution is -0.255. The second-order valence-corrected chi connectivity index (χ2v) is 6.46. The summed E-state index contributed by atoms with van der Waals surface area (Å²) in [5.41, 5.74) is 4.89. The van der Waals surface area contributed by atoms with Crippen molar-refractivity contribution in [3.63, 3.8) is 0 Å². The van der Waals surface area contributed by atoms with Gasteiger partial charge in [0.1, 0.15) is 6.61 Å². The van der Waals surface area contributed by atoms with Gasteiger partial charge in [-0.1, -0.05) is 48.5 Å². The summed E-state index contributed by atoms with van der Waals surface area (Å²) in [5, 5.41) is 13.5. The van der Waals surface area contributed by atoms with E-state index < -0.39 is 12.1 Å². The highest BCUT2D eigenvalue weighted by Crippen LogP contribution is 2.44. The Morgan fingerprint density at radius 2 is 1.67 bits per heavy atom. The van der Waals surface area contributed by atoms with Gasteiger partial charge in [0.05, 0.1) is 17.4 Å². The summed E-state index contributed by atoms with van der Waals surface area (Å²) in [7, 11) is 1.56. The number of hydrogen-bond donors (Lipinski definition) is 1. The van der Waals surface area contributed by atoms with Gasteiger partial charge in [0.2, 0.25) is 0 Å². The second kappa shape index (κ2) is 6.64. The van der Waals surface area contributed by atoms with Crippen molar-refractivity contribution in [3.05, 3.63) is 77.6 Å². The molecule has 6 nitrogen and oxygen atoms in total. The molecule has 0 bridgehead atoms. The van der Waals surface area contributed by atoms with Crippen molar-refractivity contribution in [1.82, 2.24) is 4.57 Å². The van der Waals surface area contributed by atoms with E-state index in [1.165, 1.54) is 16.8 Å². The average Bonchev–Trinajstić information content (AvgIpc) is 3.18. The molecule has 0 atom stereocenters. The number of aryl methyl sites for hydroxylation is 1. The Morgan fingerprint density at radius 1 is 1.07 bits per heavy atom. The fourth-order valence-electron chi connectivity index (χ4n) is 3.59. The number of aromatic carboxylic acids is 1. The predicted octanol–water partition coefficient (Wildman–Crippen LogP) is 2.75. The molecule has 1 amide bonds. The van der Waals surface area contributed by atoms with E-state index in [-0.39, 0.29) is 18.2 Å². The van der Waals surface area contributed by atoms with E-state index in [9.17, 15) is 14.7 Å². The summed E-state index contributed by atoms with van der Waals surface area (Å²) in [4.78, 5) is 23.2. The minimum atomic E-state index is -1.31. The van der Waals surface area contributed by atoms with Crippen molar-refractivity contribution in [3.8, 4) is 11.1 Å². The Bertz CT molecular complexity index is 993. The van der Waals surface area contributed by atoms with Gasteiger partial charge in [-0.15, -0.1) is 0 Å². The zero-order chi connectivity index (χ0) is 19.0. The molecule has 1 aliphatic rings. The largest absolute Gasteiger partial charge is 0.543 e. The van der Waals surface area contributed by atoms with Crippen LogP contribution in [0.15, 0.2) is 60.8 Å². The van der Waals surface area contributed by atoms with E-state index >= 15 is 0 Å². The molecule has 1 N–H and O–H groups in total. The van der Waals surface area contributed by atoms with Crippen LogP contribution in [-0.2, 0) is 11.8 Å². The fourth-order valence-corrected chi connectivity index (χ4v) is 3.59. The zero-order valence-corrected chi connectivity index (χ0v) is 14.6. The van der Waals surface area contributed by atoms with Crippen LogP contribution in [0.1, 0.15) is 27.5 Å². The van der Waals surface area contributed by atoms with Crippen molar-refractivity contribution in [2.75, 3.05) is 11.9 Å². The predicted molar refractivity (Wildman–Crippen MR) is 98.4 cm³/mol. The van der Waals surface area contributed by atoms with Gasteiger partial charge in [0.15, 0.2) is 0 Å². The first-order valence-corrected chi connectivity index (χ1v) is 8.54. The van der Waals surface area contributed by atoms with Gasteiger partial charge in [-0.25, -0.2) is 4.79 Å². The number of nitrogens with one attached hydrogen (secondary N) is 1. The molecule has 0 saturated carbocycles. The molecule has 1 aromatic heterocycles. The Labute approximate surface area is 156 Å². The number of nitrogens with zero attached hydrogens (tertiary/aromatic N) is 1. The highest BCUT2D eigenvalue weighted by Gasteiger charge is 2.29. The molecule has 0 fully saturated rings. The Morgan fingerprint density at radius 3 is 2.22 bits per heavy atom. The minimum Gasteiger partial charge on any atom is -0.543 e. The maximum Gasteiger partial charge on any atom is 0.411 e. The van der Waals surface area contributed by atoms with Crippen molar-refractivity contribution in [2.24, 2.45) is 7.05 Å². The third-order valence-electron chi connectivity index (χ3n) is 4.80. The smallest absolute Gasteiger partial charge is 0.411 e. The number of rotatable bonds is 4. The Balaban J connectivity index is 1.48. The Kier molecular flexibility index (Phi) is 4.16. The number of aromatic nitrogens is 1. The molecule has 0 unspecified atom stereocenters. The average molecular weight is 361 g/mol. The third kappa shape index (κ3) is 3.06. The van der Waals surface area contributed by atoms with Crippen LogP contribution in [0.5, 0.6) is 0 Å². The molecule has 0 radical (unpaired) electrons. The zero-order valence-electron chi connectivity index (χ0n) is 14.6. The standard InChI is InChI=1S/C21H18N2O4/c1-23-11-13(10-19(23)20(24)25)22-21(26)27-12-18-16-8-4-2-6-14(16)15-7-3-5-9-17(15)18/h2-11,18H,12H2,1H3,(H,22,26)(H,24,25)/p-1. The van der Waals surface area contributed by atoms with Gasteiger partial charge in [0.25, 0.3) is 0 Å². The molecule has 0 aliphatic heterocycles. The molecule has 2 aromatic carbocycles. The fraction of sp³-hybridized carbons (Fsp3) is 0.143. The van der Waals surface area contributed by atoms with Crippen LogP contribution in [0.4, 0.5) is 10.5 Å². The maximum atomic E-state index is 12.2. The van der Waals surface area contributed by atoms with Crippen molar-refractivity contribution in [2.45, 2.75) is 5.92 Å². The summed E-state index contributed by atoms with van der Waals surface area (Å²) < 4.78 is 6.80. The van der Waals surface area contributed by atoms with E-state index in [1.807, 2.05) is 36.4 Å². The van der Waals surface area contributed by atoms with E-state index in [1.54, 1.807) is 7.05 Å². The molecule has 0 saturated heterocycles. The van der Waals surface area contributed by atoms with Gasteiger partial charge in [0, 0.05) is 19.2 Å². The lowest BCUT2D eigenvalue weighted by atomic mass is 9.98. The quantitative estimate of drug-likeness (QED) is 0.774. The van der Waals surface area contributed by atoms with Crippen LogP contribution in [-0.4, -0.2) is 23.2 Å². The number of carbonyl (C=O) groups is 2. The number of carboxylic acid groups (broad SMARTS) is 1. The molecule has 6 heteroatoms. The second-order valence-electron chi connectivity index (χ2n) is 6.46. The monoisotopic (exact) mass is 361 g/mol. The van der Waals surface area contributed by atoms with Crippen LogP contribution < -0.4 is 10.4 Å². The summed E-state index contributed by atoms with van der Waals surface area (Å²) in [6.45, 7) is 0.194. The number of fused-ring (bicyclic) bond motifs is 3. The van der Waals surface area contributed by atoms with Gasteiger partial charge < -0.3 is 19.2 Å². The lowest BCUT2D eigenvalue weighted by Crippen LogP contribution is -2.24. The van der Waals surface area contributed by atoms with Gasteiger partial charge >= 0.3 is 6.09 Å². The highest BCUT2D eigenvalue weighted by atomic mass is 16.5. The summed E-state index contributed by atoms with van der Waals surface area (Å²) >= 11 is 0. The van der Waals surface area contributed by atoms with E-state index in [4.69, 9.17) is 4.74 Å². The molecule has 27 heavy (non-hydrogen) atoms. The van der Waals surface area contributed by atoms with Gasteiger partial charge in [-0.05, 0) is 28.3 Å². The Hall–Kier alpha value is -3.54. The molecule has 3 aromatic rings. The molecular weight excluding hydrogens is 344 g/mol. The van der Waals surface area contributed by atoms with Crippen LogP contribution in [0, 0.1) is 0 Å². The minimum absolute atomic E-state index is 0.0241. The number of ether oxygens (including phenoxy) is 1. The molecule has 136 valence electrons. The topological polar surface area (TPSA) is 83.4 Å². The van der Waals surface area contributed by atoms with E-state index in [2.05, 4.69) is 17.4 Å². The summed E-state index contributed by atoms with van der Waals surface area (Å²) in [5.74, 6) is -1.34. The lowest BCUT2D eigenvalue weighted by Gasteiger charge is -2.14. The van der Waals surface area contributed by atoms with Crippen LogP contribution >= 0.6 is 0 Å². The highest BCUT2D eigenvalue weighted by molar-refractivity contribution is 5.90. The molecule has 4 rings (SSSR count). The number of carbonyl (C=O) groups excluding carboxylic acids is 2. The molecule has 1 heterocycles. The van der Waals surface area contributed by atoms with Gasteiger partial charge in [-0.2, -0.15) is 0 Å². The van der Waals surface area contributed by atoms with Crippen LogP contribution in [0.25, 0.3) is 11.1 Å². The van der Waals surface area contributed by atoms with E-state index in [0.717, 1.165) is 22.3 Å². The number of benzene rings is 2. The normalized spacial score (nSPS) is 12.3. The number of amides is 1. The first-order valence-electron chi connectivity index (χ1n) is 8.54.